The number of hydrogen-bond acceptors (Lipinski definition) is 3. The van der Waals surface area contributed by atoms with Gasteiger partial charge in [0.15, 0.2) is 0 Å². The van der Waals surface area contributed by atoms with Gasteiger partial charge in [0.2, 0.25) is 0 Å². The Morgan fingerprint density at radius 1 is 1.22 bits per heavy atom. The second-order valence-corrected chi connectivity index (χ2v) is 3.41. The lowest BCUT2D eigenvalue weighted by Gasteiger charge is -2.15. The van der Waals surface area contributed by atoms with Crippen LogP contribution in [0.5, 0.6) is 0 Å². The molecule has 0 atom stereocenters. The van der Waals surface area contributed by atoms with E-state index in [0.717, 1.165) is 0 Å². The monoisotopic (exact) mass is 151 g/mol. The Bertz CT molecular complexity index is 66.0. The van der Waals surface area contributed by atoms with Crippen LogP contribution >= 0.6 is 8.53 Å². The van der Waals surface area contributed by atoms with Crippen LogP contribution in [0.25, 0.3) is 0 Å². The fourth-order valence-electron chi connectivity index (χ4n) is 0.391. The van der Waals surface area contributed by atoms with Gasteiger partial charge in [0.05, 0.1) is 0 Å². The summed E-state index contributed by atoms with van der Waals surface area (Å²) >= 11 is 0. The van der Waals surface area contributed by atoms with Crippen molar-refractivity contribution in [1.82, 2.24) is 5.09 Å². The molecule has 9 heavy (non-hydrogen) atoms. The molecule has 0 unspecified atom stereocenters. The third kappa shape index (κ3) is 4.79. The molecular weight excluding hydrogens is 137 g/mol. The SMILES string of the molecule is COP(NC(C)C)OC. The average molecular weight is 151 g/mol. The summed E-state index contributed by atoms with van der Waals surface area (Å²) in [4.78, 5) is 0. The van der Waals surface area contributed by atoms with Crippen LogP contribution in [0.3, 0.4) is 0 Å². The van der Waals surface area contributed by atoms with E-state index in [9.17, 15) is 0 Å². The van der Waals surface area contributed by atoms with Crippen molar-refractivity contribution in [1.29, 1.82) is 0 Å². The van der Waals surface area contributed by atoms with Gasteiger partial charge >= 0.3 is 0 Å². The lowest BCUT2D eigenvalue weighted by molar-refractivity contribution is 0.326. The van der Waals surface area contributed by atoms with E-state index in [0.29, 0.717) is 6.04 Å². The summed E-state index contributed by atoms with van der Waals surface area (Å²) in [5, 5.41) is 3.10. The van der Waals surface area contributed by atoms with Crippen LogP contribution in [0.2, 0.25) is 0 Å². The van der Waals surface area contributed by atoms with Gasteiger partial charge in [-0.15, -0.1) is 0 Å². The molecule has 0 heterocycles. The maximum absolute atomic E-state index is 4.94. The van der Waals surface area contributed by atoms with Crippen LogP contribution in [0.4, 0.5) is 0 Å². The second kappa shape index (κ2) is 5.12. The molecule has 0 aromatic heterocycles. The number of nitrogens with one attached hydrogen (secondary N) is 1. The summed E-state index contributed by atoms with van der Waals surface area (Å²) in [5.41, 5.74) is 0. The first-order valence-electron chi connectivity index (χ1n) is 2.85. The van der Waals surface area contributed by atoms with Gasteiger partial charge in [-0.1, -0.05) is 0 Å². The Labute approximate surface area is 57.7 Å². The minimum absolute atomic E-state index is 0.413. The van der Waals surface area contributed by atoms with E-state index in [-0.39, 0.29) is 0 Å². The molecule has 0 aromatic rings. The molecule has 56 valence electrons. The molecule has 0 saturated heterocycles. The van der Waals surface area contributed by atoms with Gasteiger partial charge in [0, 0.05) is 20.3 Å². The molecule has 0 rings (SSSR count). The summed E-state index contributed by atoms with van der Waals surface area (Å²) < 4.78 is 9.88. The summed E-state index contributed by atoms with van der Waals surface area (Å²) in [6, 6.07) is 0.413. The predicted octanol–water partition coefficient (Wildman–Crippen LogP) is 1.50. The van der Waals surface area contributed by atoms with Crippen LogP contribution in [0.15, 0.2) is 0 Å². The molecule has 0 aliphatic carbocycles. The van der Waals surface area contributed by atoms with Crippen molar-refractivity contribution in [3.8, 4) is 0 Å². The summed E-state index contributed by atoms with van der Waals surface area (Å²) in [6.07, 6.45) is 0. The molecule has 0 amide bonds. The van der Waals surface area contributed by atoms with Gasteiger partial charge < -0.3 is 9.05 Å². The normalized spacial score (nSPS) is 11.3. The first-order valence-corrected chi connectivity index (χ1v) is 4.03. The van der Waals surface area contributed by atoms with E-state index in [1.165, 1.54) is 0 Å². The Hall–Kier alpha value is 0.310. The Morgan fingerprint density at radius 3 is 1.78 bits per heavy atom. The third-order valence-electron chi connectivity index (χ3n) is 0.695. The van der Waals surface area contributed by atoms with E-state index in [1.807, 2.05) is 13.8 Å². The quantitative estimate of drug-likeness (QED) is 0.617. The topological polar surface area (TPSA) is 30.5 Å². The molecule has 1 N–H and O–H groups in total. The summed E-state index contributed by atoms with van der Waals surface area (Å²) in [5.74, 6) is 0. The Morgan fingerprint density at radius 2 is 1.67 bits per heavy atom. The average Bonchev–Trinajstić information content (AvgIpc) is 1.82. The molecule has 0 radical (unpaired) electrons. The van der Waals surface area contributed by atoms with Crippen molar-refractivity contribution in [2.24, 2.45) is 0 Å². The van der Waals surface area contributed by atoms with E-state index in [1.54, 1.807) is 14.2 Å². The highest BCUT2D eigenvalue weighted by molar-refractivity contribution is 7.44. The van der Waals surface area contributed by atoms with Crippen LogP contribution < -0.4 is 5.09 Å². The zero-order valence-electron chi connectivity index (χ0n) is 6.34. The zero-order chi connectivity index (χ0) is 7.28. The van der Waals surface area contributed by atoms with Crippen molar-refractivity contribution < 1.29 is 9.05 Å². The second-order valence-electron chi connectivity index (χ2n) is 1.91. The van der Waals surface area contributed by atoms with Gasteiger partial charge in [-0.2, -0.15) is 0 Å². The predicted molar refractivity (Wildman–Crippen MR) is 39.2 cm³/mol. The maximum atomic E-state index is 4.94. The van der Waals surface area contributed by atoms with Crippen molar-refractivity contribution in [2.45, 2.75) is 19.9 Å². The van der Waals surface area contributed by atoms with E-state index in [2.05, 4.69) is 5.09 Å². The Kier molecular flexibility index (Phi) is 5.30. The van der Waals surface area contributed by atoms with Crippen molar-refractivity contribution in [3.63, 3.8) is 0 Å². The summed E-state index contributed by atoms with van der Waals surface area (Å²) in [6.45, 7) is 4.10. The van der Waals surface area contributed by atoms with Gasteiger partial charge in [-0.05, 0) is 13.8 Å². The van der Waals surface area contributed by atoms with Crippen molar-refractivity contribution in [2.75, 3.05) is 14.2 Å². The highest BCUT2D eigenvalue weighted by Gasteiger charge is 2.05. The van der Waals surface area contributed by atoms with Crippen molar-refractivity contribution in [3.05, 3.63) is 0 Å². The summed E-state index contributed by atoms with van der Waals surface area (Å²) in [7, 11) is 2.41. The lowest BCUT2D eigenvalue weighted by atomic mass is 10.4. The molecule has 4 heteroatoms. The molecule has 3 nitrogen and oxygen atoms in total. The van der Waals surface area contributed by atoms with Gasteiger partial charge in [0.25, 0.3) is 8.53 Å². The standard InChI is InChI=1S/C5H14NO2P/c1-5(2)6-9(7-3)8-4/h5-6H,1-4H3. The minimum atomic E-state index is -0.846. The zero-order valence-corrected chi connectivity index (χ0v) is 7.24. The maximum Gasteiger partial charge on any atom is 0.255 e. The first kappa shape index (κ1) is 9.31. The molecule has 0 saturated carbocycles. The highest BCUT2D eigenvalue weighted by atomic mass is 31.2. The van der Waals surface area contributed by atoms with Crippen LogP contribution in [-0.2, 0) is 9.05 Å². The molecule has 0 aliphatic rings. The fraction of sp³-hybridized carbons (Fsp3) is 1.00. The molecule has 0 spiro atoms. The smallest absolute Gasteiger partial charge is 0.255 e. The van der Waals surface area contributed by atoms with E-state index in [4.69, 9.17) is 9.05 Å². The van der Waals surface area contributed by atoms with Gasteiger partial charge in [-0.25, -0.2) is 5.09 Å². The Balaban J connectivity index is 3.31. The van der Waals surface area contributed by atoms with E-state index < -0.39 is 8.53 Å². The van der Waals surface area contributed by atoms with Crippen LogP contribution in [-0.4, -0.2) is 20.3 Å². The molecule has 0 fully saturated rings. The largest absolute Gasteiger partial charge is 0.325 e. The minimum Gasteiger partial charge on any atom is -0.325 e. The molecule has 0 aliphatic heterocycles. The van der Waals surface area contributed by atoms with Crippen LogP contribution in [0.1, 0.15) is 13.8 Å². The van der Waals surface area contributed by atoms with Crippen LogP contribution in [0, 0.1) is 0 Å². The number of hydrogen-bond donors (Lipinski definition) is 1. The lowest BCUT2D eigenvalue weighted by Crippen LogP contribution is -2.17. The highest BCUT2D eigenvalue weighted by Crippen LogP contribution is 2.30. The third-order valence-corrected chi connectivity index (χ3v) is 2.09. The van der Waals surface area contributed by atoms with Crippen molar-refractivity contribution >= 4 is 8.53 Å². The molecule has 0 bridgehead atoms. The molecule has 0 aromatic carbocycles. The first-order chi connectivity index (χ1) is 4.20. The van der Waals surface area contributed by atoms with Gasteiger partial charge in [-0.3, -0.25) is 0 Å². The fourth-order valence-corrected chi connectivity index (χ4v) is 1.17. The molecular formula is C5H14NO2P. The van der Waals surface area contributed by atoms with Gasteiger partial charge in [0.1, 0.15) is 0 Å². The van der Waals surface area contributed by atoms with E-state index >= 15 is 0 Å². The number of rotatable bonds is 4.